The van der Waals surface area contributed by atoms with Crippen LogP contribution in [0.5, 0.6) is 0 Å². The summed E-state index contributed by atoms with van der Waals surface area (Å²) in [5.74, 6) is 0. The van der Waals surface area contributed by atoms with Gasteiger partial charge >= 0.3 is 0 Å². The summed E-state index contributed by atoms with van der Waals surface area (Å²) in [5.41, 5.74) is 11.6. The summed E-state index contributed by atoms with van der Waals surface area (Å²) in [6.07, 6.45) is 0. The van der Waals surface area contributed by atoms with E-state index in [1.54, 1.807) is 0 Å². The van der Waals surface area contributed by atoms with Crippen LogP contribution in [0.25, 0.3) is 76.1 Å². The van der Waals surface area contributed by atoms with Crippen molar-refractivity contribution in [1.29, 1.82) is 0 Å². The van der Waals surface area contributed by atoms with Crippen LogP contribution in [0, 0.1) is 0 Å². The number of nitrogens with zero attached hydrogens (tertiary/aromatic N) is 2. The predicted molar refractivity (Wildman–Crippen MR) is 274 cm³/mol. The first-order valence-electron chi connectivity index (χ1n) is 22.0. The average molecular weight is 815 g/mol. The number of hydrogen-bond donors (Lipinski definition) is 0. The molecule has 0 aromatic heterocycles. The van der Waals surface area contributed by atoms with Crippen LogP contribution in [0.4, 0.5) is 34.1 Å². The lowest BCUT2D eigenvalue weighted by Crippen LogP contribution is -2.10. The third kappa shape index (κ3) is 6.52. The Morgan fingerprint density at radius 2 is 0.500 bits per heavy atom. The first-order valence-corrected chi connectivity index (χ1v) is 22.0. The number of benzene rings is 12. The Kier molecular flexibility index (Phi) is 9.20. The molecule has 0 aliphatic heterocycles. The number of rotatable bonds is 8. The molecule has 0 heterocycles. The maximum atomic E-state index is 2.38. The zero-order valence-electron chi connectivity index (χ0n) is 35.1. The summed E-state index contributed by atoms with van der Waals surface area (Å²) in [5, 5.41) is 12.5. The molecule has 0 amide bonds. The average Bonchev–Trinajstić information content (AvgIpc) is 3.37. The lowest BCUT2D eigenvalue weighted by molar-refractivity contribution is 1.30. The molecule has 0 unspecified atom stereocenters. The number of fused-ring (bicyclic) bond motifs is 8. The van der Waals surface area contributed by atoms with E-state index in [2.05, 4.69) is 265 Å². The number of para-hydroxylation sites is 2. The fraction of sp³-hybridized carbons (Fsp3) is 0. The van der Waals surface area contributed by atoms with E-state index in [-0.39, 0.29) is 0 Å². The van der Waals surface area contributed by atoms with Gasteiger partial charge < -0.3 is 9.80 Å². The van der Waals surface area contributed by atoms with E-state index in [1.807, 2.05) is 0 Å². The zero-order chi connectivity index (χ0) is 42.4. The van der Waals surface area contributed by atoms with Crippen LogP contribution in [0.15, 0.2) is 255 Å². The molecule has 0 fully saturated rings. The lowest BCUT2D eigenvalue weighted by atomic mass is 9.90. The first-order chi connectivity index (χ1) is 31.7. The monoisotopic (exact) mass is 814 g/mol. The van der Waals surface area contributed by atoms with Crippen molar-refractivity contribution >= 4 is 88.0 Å². The van der Waals surface area contributed by atoms with Crippen molar-refractivity contribution in [1.82, 2.24) is 0 Å². The van der Waals surface area contributed by atoms with Crippen LogP contribution in [0.1, 0.15) is 0 Å². The molecular weight excluding hydrogens is 773 g/mol. The minimum atomic E-state index is 1.12. The van der Waals surface area contributed by atoms with E-state index in [1.165, 1.54) is 76.1 Å². The highest BCUT2D eigenvalue weighted by Crippen LogP contribution is 2.43. The van der Waals surface area contributed by atoms with Crippen molar-refractivity contribution in [3.63, 3.8) is 0 Å². The Balaban J connectivity index is 0.908. The SMILES string of the molecule is c1ccc(N(c2ccc(-c3ccc4c5ccc(-c6ccc(N(c7ccccc7)c7cccc8ccccc78)cc6)cc5c5ccccc5c4c3)cc2)c2cccc3ccccc23)cc1. The van der Waals surface area contributed by atoms with Crippen LogP contribution >= 0.6 is 0 Å². The Morgan fingerprint density at radius 1 is 0.188 bits per heavy atom. The van der Waals surface area contributed by atoms with Gasteiger partial charge in [-0.25, -0.2) is 0 Å². The van der Waals surface area contributed by atoms with Crippen LogP contribution < -0.4 is 9.80 Å². The molecule has 0 saturated carbocycles. The molecular formula is C62H42N2. The molecule has 2 nitrogen and oxygen atoms in total. The topological polar surface area (TPSA) is 6.48 Å². The second-order valence-electron chi connectivity index (χ2n) is 16.5. The Labute approximate surface area is 373 Å². The van der Waals surface area contributed by atoms with E-state index in [9.17, 15) is 0 Å². The van der Waals surface area contributed by atoms with Crippen molar-refractivity contribution in [2.45, 2.75) is 0 Å². The van der Waals surface area contributed by atoms with Crippen molar-refractivity contribution in [2.24, 2.45) is 0 Å². The Bertz CT molecular complexity index is 3380. The number of hydrogen-bond acceptors (Lipinski definition) is 2. The fourth-order valence-corrected chi connectivity index (χ4v) is 9.74. The molecule has 64 heavy (non-hydrogen) atoms. The van der Waals surface area contributed by atoms with Gasteiger partial charge in [-0.3, -0.25) is 0 Å². The van der Waals surface area contributed by atoms with Gasteiger partial charge in [0.15, 0.2) is 0 Å². The quantitative estimate of drug-likeness (QED) is 0.141. The minimum absolute atomic E-state index is 1.12. The third-order valence-corrected chi connectivity index (χ3v) is 12.8. The summed E-state index contributed by atoms with van der Waals surface area (Å²) in [4.78, 5) is 4.72. The van der Waals surface area contributed by atoms with Crippen molar-refractivity contribution in [3.05, 3.63) is 255 Å². The van der Waals surface area contributed by atoms with Crippen molar-refractivity contribution in [2.75, 3.05) is 9.80 Å². The second-order valence-corrected chi connectivity index (χ2v) is 16.5. The minimum Gasteiger partial charge on any atom is -0.310 e. The van der Waals surface area contributed by atoms with E-state index < -0.39 is 0 Å². The predicted octanol–water partition coefficient (Wildman–Crippen LogP) is 17.7. The van der Waals surface area contributed by atoms with Crippen LogP contribution in [0.3, 0.4) is 0 Å². The normalized spacial score (nSPS) is 11.4. The number of anilines is 6. The summed E-state index contributed by atoms with van der Waals surface area (Å²) in [6.45, 7) is 0. The van der Waals surface area contributed by atoms with Gasteiger partial charge in [-0.1, -0.05) is 182 Å². The van der Waals surface area contributed by atoms with Gasteiger partial charge in [0.1, 0.15) is 0 Å². The van der Waals surface area contributed by atoms with Crippen LogP contribution in [-0.4, -0.2) is 0 Å². The van der Waals surface area contributed by atoms with E-state index in [4.69, 9.17) is 0 Å². The van der Waals surface area contributed by atoms with Gasteiger partial charge in [-0.05, 0) is 138 Å². The molecule has 12 rings (SSSR count). The summed E-state index contributed by atoms with van der Waals surface area (Å²) >= 11 is 0. The first kappa shape index (κ1) is 37.3. The van der Waals surface area contributed by atoms with E-state index in [0.717, 1.165) is 34.1 Å². The van der Waals surface area contributed by atoms with Crippen LogP contribution in [0.2, 0.25) is 0 Å². The van der Waals surface area contributed by atoms with E-state index >= 15 is 0 Å². The highest BCUT2D eigenvalue weighted by atomic mass is 15.1. The summed E-state index contributed by atoms with van der Waals surface area (Å²) < 4.78 is 0. The maximum absolute atomic E-state index is 2.38. The highest BCUT2D eigenvalue weighted by molar-refractivity contribution is 6.26. The molecule has 300 valence electrons. The van der Waals surface area contributed by atoms with Gasteiger partial charge in [0.05, 0.1) is 11.4 Å². The molecule has 0 atom stereocenters. The van der Waals surface area contributed by atoms with Crippen molar-refractivity contribution < 1.29 is 0 Å². The molecule has 0 N–H and O–H groups in total. The van der Waals surface area contributed by atoms with Crippen molar-refractivity contribution in [3.8, 4) is 22.3 Å². The molecule has 2 heteroatoms. The van der Waals surface area contributed by atoms with Gasteiger partial charge in [0, 0.05) is 33.5 Å². The lowest BCUT2D eigenvalue weighted by Gasteiger charge is -2.27. The molecule has 0 aliphatic carbocycles. The Morgan fingerprint density at radius 3 is 0.922 bits per heavy atom. The van der Waals surface area contributed by atoms with Gasteiger partial charge in [-0.2, -0.15) is 0 Å². The second kappa shape index (κ2) is 15.8. The smallest absolute Gasteiger partial charge is 0.0540 e. The van der Waals surface area contributed by atoms with Gasteiger partial charge in [0.2, 0.25) is 0 Å². The molecule has 12 aromatic carbocycles. The molecule has 12 aromatic rings. The largest absolute Gasteiger partial charge is 0.310 e. The zero-order valence-corrected chi connectivity index (χ0v) is 35.1. The molecule has 0 aliphatic rings. The Hall–Kier alpha value is -8.46. The molecule has 0 bridgehead atoms. The molecule has 0 radical (unpaired) electrons. The van der Waals surface area contributed by atoms with Gasteiger partial charge in [0.25, 0.3) is 0 Å². The summed E-state index contributed by atoms with van der Waals surface area (Å²) in [7, 11) is 0. The molecule has 0 spiro atoms. The van der Waals surface area contributed by atoms with Gasteiger partial charge in [-0.15, -0.1) is 0 Å². The standard InChI is InChI=1S/C62H42N2/c1-3-19-49(20-4-1)63(61-27-13-17-45-15-7-9-23-53(45)61)51-35-29-43(30-36-51)47-33-39-57-58-40-34-48(42-60(58)56-26-12-11-25-55(56)59(57)41-47)44-31-37-52(38-32-44)64(50-21-5-2-6-22-50)62-28-14-18-46-16-8-10-24-54(46)62/h1-42H. The fourth-order valence-electron chi connectivity index (χ4n) is 9.74. The maximum Gasteiger partial charge on any atom is 0.0540 e. The highest BCUT2D eigenvalue weighted by Gasteiger charge is 2.18. The van der Waals surface area contributed by atoms with E-state index in [0.29, 0.717) is 0 Å². The molecule has 0 saturated heterocycles. The summed E-state index contributed by atoms with van der Waals surface area (Å²) in [6, 6.07) is 92.6. The third-order valence-electron chi connectivity index (χ3n) is 12.8. The van der Waals surface area contributed by atoms with Crippen LogP contribution in [-0.2, 0) is 0 Å².